The third kappa shape index (κ3) is 2.69. The Labute approximate surface area is 125 Å². The van der Waals surface area contributed by atoms with Gasteiger partial charge in [-0.1, -0.05) is 6.92 Å². The highest BCUT2D eigenvalue weighted by atomic mass is 32.2. The lowest BCUT2D eigenvalue weighted by atomic mass is 10.1. The maximum absolute atomic E-state index is 12.9. The zero-order valence-corrected chi connectivity index (χ0v) is 14.1. The van der Waals surface area contributed by atoms with E-state index in [1.807, 2.05) is 31.7 Å². The highest BCUT2D eigenvalue weighted by molar-refractivity contribution is 8.00. The van der Waals surface area contributed by atoms with Gasteiger partial charge in [-0.15, -0.1) is 0 Å². The number of rotatable bonds is 2. The molecule has 1 aromatic carbocycles. The lowest BCUT2D eigenvalue weighted by Crippen LogP contribution is -2.41. The van der Waals surface area contributed by atoms with Gasteiger partial charge in [-0.05, 0) is 43.5 Å². The van der Waals surface area contributed by atoms with Gasteiger partial charge >= 0.3 is 0 Å². The number of nitrogens with two attached hydrogens (primary N) is 1. The van der Waals surface area contributed by atoms with Crippen LogP contribution in [0.3, 0.4) is 0 Å². The predicted octanol–water partition coefficient (Wildman–Crippen LogP) is 2.32. The minimum absolute atomic E-state index is 0.335. The van der Waals surface area contributed by atoms with E-state index >= 15 is 0 Å². The number of nitrogen functional groups attached to an aromatic ring is 1. The van der Waals surface area contributed by atoms with Crippen LogP contribution in [0.25, 0.3) is 0 Å². The number of thioether (sulfide) groups is 1. The normalized spacial score (nSPS) is 21.1. The van der Waals surface area contributed by atoms with Crippen molar-refractivity contribution in [3.8, 4) is 0 Å². The smallest absolute Gasteiger partial charge is 0.243 e. The van der Waals surface area contributed by atoms with Crippen molar-refractivity contribution in [2.75, 3.05) is 24.6 Å². The van der Waals surface area contributed by atoms with Gasteiger partial charge in [0.1, 0.15) is 0 Å². The van der Waals surface area contributed by atoms with Gasteiger partial charge in [-0.2, -0.15) is 16.1 Å². The molecule has 1 aliphatic rings. The van der Waals surface area contributed by atoms with Crippen LogP contribution in [-0.2, 0) is 10.0 Å². The van der Waals surface area contributed by atoms with Crippen molar-refractivity contribution in [2.24, 2.45) is 0 Å². The molecule has 4 nitrogen and oxygen atoms in total. The van der Waals surface area contributed by atoms with Crippen LogP contribution in [0, 0.1) is 20.8 Å². The fourth-order valence-corrected chi connectivity index (χ4v) is 5.85. The molecule has 6 heteroatoms. The van der Waals surface area contributed by atoms with Crippen molar-refractivity contribution in [1.82, 2.24) is 4.31 Å². The maximum atomic E-state index is 12.9. The summed E-state index contributed by atoms with van der Waals surface area (Å²) < 4.78 is 27.5. The average Bonchev–Trinajstić information content (AvgIpc) is 2.36. The quantitative estimate of drug-likeness (QED) is 0.851. The molecular weight excluding hydrogens is 292 g/mol. The molecule has 1 fully saturated rings. The van der Waals surface area contributed by atoms with Gasteiger partial charge in [0.2, 0.25) is 10.0 Å². The summed E-state index contributed by atoms with van der Waals surface area (Å²) in [6.45, 7) is 8.76. The molecule has 0 bridgehead atoms. The van der Waals surface area contributed by atoms with Crippen LogP contribution in [0.2, 0.25) is 0 Å². The Morgan fingerprint density at radius 2 is 1.95 bits per heavy atom. The fraction of sp³-hybridized carbons (Fsp3) is 0.571. The average molecular weight is 314 g/mol. The molecule has 112 valence electrons. The lowest BCUT2D eigenvalue weighted by molar-refractivity contribution is 0.423. The fourth-order valence-electron chi connectivity index (χ4n) is 2.56. The van der Waals surface area contributed by atoms with Gasteiger partial charge in [0.05, 0.1) is 4.90 Å². The Morgan fingerprint density at radius 1 is 1.30 bits per heavy atom. The van der Waals surface area contributed by atoms with Crippen molar-refractivity contribution in [3.63, 3.8) is 0 Å². The summed E-state index contributed by atoms with van der Waals surface area (Å²) in [5.74, 6) is 0.847. The molecule has 1 aromatic rings. The summed E-state index contributed by atoms with van der Waals surface area (Å²) in [6, 6.07) is 1.85. The molecule has 2 rings (SSSR count). The summed E-state index contributed by atoms with van der Waals surface area (Å²) >= 11 is 1.82. The first-order valence-electron chi connectivity index (χ1n) is 6.73. The molecule has 2 N–H and O–H groups in total. The Kier molecular flexibility index (Phi) is 4.37. The number of sulfonamides is 1. The molecule has 0 radical (unpaired) electrons. The monoisotopic (exact) mass is 314 g/mol. The van der Waals surface area contributed by atoms with Crippen molar-refractivity contribution < 1.29 is 8.42 Å². The Bertz CT molecular complexity index is 600. The van der Waals surface area contributed by atoms with E-state index in [2.05, 4.69) is 6.92 Å². The van der Waals surface area contributed by atoms with Crippen molar-refractivity contribution >= 4 is 27.5 Å². The van der Waals surface area contributed by atoms with Crippen LogP contribution >= 0.6 is 11.8 Å². The van der Waals surface area contributed by atoms with Gasteiger partial charge in [0, 0.05) is 29.8 Å². The number of hydrogen-bond acceptors (Lipinski definition) is 4. The number of hydrogen-bond donors (Lipinski definition) is 1. The summed E-state index contributed by atoms with van der Waals surface area (Å²) in [5.41, 5.74) is 8.90. The van der Waals surface area contributed by atoms with E-state index in [1.54, 1.807) is 11.2 Å². The zero-order valence-electron chi connectivity index (χ0n) is 12.4. The molecule has 0 aromatic heterocycles. The highest BCUT2D eigenvalue weighted by Gasteiger charge is 2.32. The van der Waals surface area contributed by atoms with Crippen LogP contribution in [0.5, 0.6) is 0 Å². The molecule has 0 spiro atoms. The predicted molar refractivity (Wildman–Crippen MR) is 85.7 cm³/mol. The molecule has 1 aliphatic heterocycles. The number of nitrogens with zero attached hydrogens (tertiary/aromatic N) is 1. The Balaban J connectivity index is 2.55. The van der Waals surface area contributed by atoms with E-state index in [1.165, 1.54) is 0 Å². The van der Waals surface area contributed by atoms with Crippen molar-refractivity contribution in [3.05, 3.63) is 22.8 Å². The van der Waals surface area contributed by atoms with Crippen molar-refractivity contribution in [1.29, 1.82) is 0 Å². The third-order valence-corrected chi connectivity index (χ3v) is 7.16. The molecule has 1 atom stereocenters. The summed E-state index contributed by atoms with van der Waals surface area (Å²) in [6.07, 6.45) is 0. The standard InChI is InChI=1S/C14H22N2O2S2/c1-9-7-13(15)12(4)14(11(9)3)20(17,18)16-5-6-19-10(2)8-16/h7,10H,5-6,8,15H2,1-4H3. The maximum Gasteiger partial charge on any atom is 0.243 e. The number of benzene rings is 1. The number of anilines is 1. The molecule has 0 amide bonds. The van der Waals surface area contributed by atoms with Gasteiger partial charge in [-0.3, -0.25) is 0 Å². The molecule has 0 aliphatic carbocycles. The summed E-state index contributed by atoms with van der Waals surface area (Å²) in [4.78, 5) is 0.397. The SMILES string of the molecule is Cc1cc(N)c(C)c(S(=O)(=O)N2CCSC(C)C2)c1C. The molecule has 0 saturated carbocycles. The summed E-state index contributed by atoms with van der Waals surface area (Å²) in [7, 11) is -3.46. The molecule has 1 unspecified atom stereocenters. The van der Waals surface area contributed by atoms with Crippen LogP contribution in [0.4, 0.5) is 5.69 Å². The molecule has 1 saturated heterocycles. The van der Waals surface area contributed by atoms with Gasteiger partial charge in [0.25, 0.3) is 0 Å². The molecule has 1 heterocycles. The Hall–Kier alpha value is -0.720. The largest absolute Gasteiger partial charge is 0.398 e. The summed E-state index contributed by atoms with van der Waals surface area (Å²) in [5, 5.41) is 0.335. The Morgan fingerprint density at radius 3 is 2.55 bits per heavy atom. The molecule has 20 heavy (non-hydrogen) atoms. The first-order valence-corrected chi connectivity index (χ1v) is 9.22. The van der Waals surface area contributed by atoms with E-state index < -0.39 is 10.0 Å². The first-order chi connectivity index (χ1) is 9.25. The lowest BCUT2D eigenvalue weighted by Gasteiger charge is -2.31. The second-order valence-corrected chi connectivity index (χ2v) is 8.83. The van der Waals surface area contributed by atoms with Crippen LogP contribution in [0.15, 0.2) is 11.0 Å². The van der Waals surface area contributed by atoms with E-state index in [-0.39, 0.29) is 0 Å². The zero-order chi connectivity index (χ0) is 15.1. The number of aryl methyl sites for hydroxylation is 1. The van der Waals surface area contributed by atoms with Crippen LogP contribution in [0.1, 0.15) is 23.6 Å². The third-order valence-electron chi connectivity index (χ3n) is 3.88. The van der Waals surface area contributed by atoms with E-state index in [0.717, 1.165) is 16.9 Å². The highest BCUT2D eigenvalue weighted by Crippen LogP contribution is 2.32. The second kappa shape index (κ2) is 5.58. The first kappa shape index (κ1) is 15.7. The van der Waals surface area contributed by atoms with Gasteiger partial charge < -0.3 is 5.73 Å². The van der Waals surface area contributed by atoms with Crippen molar-refractivity contribution in [2.45, 2.75) is 37.8 Å². The topological polar surface area (TPSA) is 63.4 Å². The van der Waals surface area contributed by atoms with E-state index in [4.69, 9.17) is 5.73 Å². The van der Waals surface area contributed by atoms with Crippen LogP contribution in [-0.4, -0.2) is 36.8 Å². The van der Waals surface area contributed by atoms with Crippen LogP contribution < -0.4 is 5.73 Å². The second-order valence-electron chi connectivity index (χ2n) is 5.41. The van der Waals surface area contributed by atoms with E-state index in [9.17, 15) is 8.42 Å². The van der Waals surface area contributed by atoms with E-state index in [0.29, 0.717) is 34.5 Å². The van der Waals surface area contributed by atoms with Gasteiger partial charge in [-0.25, -0.2) is 8.42 Å². The minimum Gasteiger partial charge on any atom is -0.398 e. The molecular formula is C14H22N2O2S2. The van der Waals surface area contributed by atoms with Gasteiger partial charge in [0.15, 0.2) is 0 Å². The minimum atomic E-state index is -3.46.